The maximum atomic E-state index is 12.1. The van der Waals surface area contributed by atoms with Crippen molar-refractivity contribution in [3.8, 4) is 11.5 Å². The zero-order valence-electron chi connectivity index (χ0n) is 18.8. The summed E-state index contributed by atoms with van der Waals surface area (Å²) in [5.41, 5.74) is 0.468. The second-order valence-electron chi connectivity index (χ2n) is 8.25. The highest BCUT2D eigenvalue weighted by molar-refractivity contribution is 5.66. The number of carbonyl (C=O) groups excluding carboxylic acids is 2. The summed E-state index contributed by atoms with van der Waals surface area (Å²) in [6.07, 6.45) is 2.92. The van der Waals surface area contributed by atoms with Gasteiger partial charge in [0.05, 0.1) is 12.7 Å². The van der Waals surface area contributed by atoms with Crippen molar-refractivity contribution in [1.29, 1.82) is 0 Å². The Morgan fingerprint density at radius 1 is 1.22 bits per heavy atom. The number of piperidine rings is 1. The lowest BCUT2D eigenvalue weighted by Crippen LogP contribution is -2.46. The van der Waals surface area contributed by atoms with Crippen LogP contribution >= 0.6 is 0 Å². The van der Waals surface area contributed by atoms with Crippen molar-refractivity contribution in [3.63, 3.8) is 0 Å². The first kappa shape index (κ1) is 23.6. The predicted molar refractivity (Wildman–Crippen MR) is 122 cm³/mol. The number of methoxy groups -OCH3 is 1. The van der Waals surface area contributed by atoms with E-state index in [0.29, 0.717) is 43.8 Å². The first-order chi connectivity index (χ1) is 15.5. The molecule has 0 aliphatic carbocycles. The Kier molecular flexibility index (Phi) is 8.11. The first-order valence-electron chi connectivity index (χ1n) is 11.0. The zero-order valence-corrected chi connectivity index (χ0v) is 18.8. The summed E-state index contributed by atoms with van der Waals surface area (Å²) in [4.78, 5) is 24.6. The second kappa shape index (κ2) is 11.0. The molecule has 1 saturated heterocycles. The summed E-state index contributed by atoms with van der Waals surface area (Å²) < 4.78 is 10.9. The fraction of sp³-hybridized carbons (Fsp3) is 0.440. The number of aryl methyl sites for hydroxylation is 1. The Bertz CT molecular complexity index is 919. The Labute approximate surface area is 189 Å². The minimum absolute atomic E-state index is 0.152. The smallest absolute Gasteiger partial charge is 0.406 e. The van der Waals surface area contributed by atoms with Gasteiger partial charge in [-0.1, -0.05) is 36.4 Å². The molecular formula is C25H32N2O5. The number of alkyl carbamates (subject to hydrolysis) is 1. The summed E-state index contributed by atoms with van der Waals surface area (Å²) in [6, 6.07) is 15.3. The molecule has 3 rings (SSSR count). The molecule has 2 aromatic carbocycles. The van der Waals surface area contributed by atoms with E-state index >= 15 is 0 Å². The number of carbonyl (C=O) groups is 2. The molecule has 2 N–H and O–H groups in total. The third-order valence-corrected chi connectivity index (χ3v) is 6.13. The summed E-state index contributed by atoms with van der Waals surface area (Å²) in [7, 11) is 1.32. The first-order valence-corrected chi connectivity index (χ1v) is 11.0. The molecule has 1 aliphatic heterocycles. The van der Waals surface area contributed by atoms with Crippen LogP contribution in [0.25, 0.3) is 0 Å². The number of nitrogens with zero attached hydrogens (tertiary/aromatic N) is 1. The van der Waals surface area contributed by atoms with Crippen LogP contribution in [0.5, 0.6) is 11.5 Å². The van der Waals surface area contributed by atoms with Crippen LogP contribution in [0.15, 0.2) is 48.5 Å². The quantitative estimate of drug-likeness (QED) is 0.455. The van der Waals surface area contributed by atoms with Crippen LogP contribution in [0.1, 0.15) is 36.8 Å². The fourth-order valence-electron chi connectivity index (χ4n) is 4.37. The number of para-hydroxylation sites is 2. The Morgan fingerprint density at radius 3 is 2.66 bits per heavy atom. The molecule has 0 bridgehead atoms. The SMILES string of the molecule is COC(=O)NCCCC(O)(c1ccccc1Oc1ccccc1C)C1CCCN(C=O)C1. The number of benzene rings is 2. The molecular weight excluding hydrogens is 408 g/mol. The minimum atomic E-state index is -1.22. The molecule has 32 heavy (non-hydrogen) atoms. The molecule has 0 radical (unpaired) electrons. The van der Waals surface area contributed by atoms with E-state index in [9.17, 15) is 14.7 Å². The molecule has 1 heterocycles. The van der Waals surface area contributed by atoms with Crippen molar-refractivity contribution in [2.45, 2.75) is 38.2 Å². The van der Waals surface area contributed by atoms with Gasteiger partial charge in [0.25, 0.3) is 0 Å². The molecule has 0 spiro atoms. The third kappa shape index (κ3) is 5.59. The van der Waals surface area contributed by atoms with Crippen molar-refractivity contribution in [1.82, 2.24) is 10.2 Å². The molecule has 2 unspecified atom stereocenters. The van der Waals surface area contributed by atoms with Gasteiger partial charge in [0.2, 0.25) is 6.41 Å². The van der Waals surface area contributed by atoms with Crippen molar-refractivity contribution >= 4 is 12.5 Å². The average molecular weight is 441 g/mol. The maximum Gasteiger partial charge on any atom is 0.406 e. The number of amides is 2. The van der Waals surface area contributed by atoms with E-state index in [1.807, 2.05) is 55.5 Å². The number of rotatable bonds is 9. The average Bonchev–Trinajstić information content (AvgIpc) is 2.83. The van der Waals surface area contributed by atoms with Crippen molar-refractivity contribution < 1.29 is 24.2 Å². The number of likely N-dealkylation sites (tertiary alicyclic amines) is 1. The molecule has 2 amide bonds. The van der Waals surface area contributed by atoms with Crippen molar-refractivity contribution in [2.24, 2.45) is 5.92 Å². The number of hydrogen-bond acceptors (Lipinski definition) is 5. The largest absolute Gasteiger partial charge is 0.457 e. The Morgan fingerprint density at radius 2 is 1.94 bits per heavy atom. The summed E-state index contributed by atoms with van der Waals surface area (Å²) in [6.45, 7) is 3.52. The number of hydrogen-bond donors (Lipinski definition) is 2. The van der Waals surface area contributed by atoms with E-state index in [2.05, 4.69) is 10.1 Å². The molecule has 1 fully saturated rings. The lowest BCUT2D eigenvalue weighted by Gasteiger charge is -2.42. The molecule has 0 saturated carbocycles. The van der Waals surface area contributed by atoms with E-state index in [1.165, 1.54) is 7.11 Å². The van der Waals surface area contributed by atoms with Crippen LogP contribution in [-0.4, -0.2) is 49.3 Å². The van der Waals surface area contributed by atoms with Crippen LogP contribution in [0, 0.1) is 12.8 Å². The third-order valence-electron chi connectivity index (χ3n) is 6.13. The van der Waals surface area contributed by atoms with Crippen LogP contribution in [0.2, 0.25) is 0 Å². The van der Waals surface area contributed by atoms with Crippen LogP contribution in [-0.2, 0) is 15.1 Å². The van der Waals surface area contributed by atoms with Crippen LogP contribution in [0.4, 0.5) is 4.79 Å². The van der Waals surface area contributed by atoms with Gasteiger partial charge in [-0.05, 0) is 50.3 Å². The van der Waals surface area contributed by atoms with Crippen LogP contribution in [0.3, 0.4) is 0 Å². The van der Waals surface area contributed by atoms with Crippen LogP contribution < -0.4 is 10.1 Å². The maximum absolute atomic E-state index is 12.1. The van der Waals surface area contributed by atoms with Gasteiger partial charge in [0.15, 0.2) is 0 Å². The summed E-state index contributed by atoms with van der Waals surface area (Å²) in [5, 5.41) is 14.8. The molecule has 0 aromatic heterocycles. The predicted octanol–water partition coefficient (Wildman–Crippen LogP) is 3.98. The molecule has 2 aromatic rings. The van der Waals surface area contributed by atoms with E-state index in [1.54, 1.807) is 4.90 Å². The Hall–Kier alpha value is -3.06. The zero-order chi connectivity index (χ0) is 23.0. The van der Waals surface area contributed by atoms with Gasteiger partial charge in [-0.3, -0.25) is 4.79 Å². The van der Waals surface area contributed by atoms with Gasteiger partial charge in [-0.25, -0.2) is 4.79 Å². The fourth-order valence-corrected chi connectivity index (χ4v) is 4.37. The molecule has 7 nitrogen and oxygen atoms in total. The molecule has 172 valence electrons. The standard InChI is InChI=1S/C25H32N2O5/c1-19-9-3-5-12-22(19)32-23-13-6-4-11-21(23)25(30,14-8-15-26-24(29)31-2)20-10-7-16-27(17-20)18-28/h3-6,9,11-13,18,20,30H,7-8,10,14-17H2,1-2H3,(H,26,29). The lowest BCUT2D eigenvalue weighted by atomic mass is 9.74. The highest BCUT2D eigenvalue weighted by Crippen LogP contribution is 2.44. The van der Waals surface area contributed by atoms with Crippen molar-refractivity contribution in [3.05, 3.63) is 59.7 Å². The van der Waals surface area contributed by atoms with Gasteiger partial charge in [0, 0.05) is 31.1 Å². The van der Waals surface area contributed by atoms with Gasteiger partial charge < -0.3 is 24.8 Å². The number of nitrogens with one attached hydrogen (secondary N) is 1. The molecule has 2 atom stereocenters. The monoisotopic (exact) mass is 440 g/mol. The van der Waals surface area contributed by atoms with E-state index < -0.39 is 11.7 Å². The highest BCUT2D eigenvalue weighted by atomic mass is 16.5. The van der Waals surface area contributed by atoms with Gasteiger partial charge in [-0.15, -0.1) is 0 Å². The Balaban J connectivity index is 1.91. The van der Waals surface area contributed by atoms with Gasteiger partial charge >= 0.3 is 6.09 Å². The topological polar surface area (TPSA) is 88.1 Å². The molecule has 1 aliphatic rings. The lowest BCUT2D eigenvalue weighted by molar-refractivity contribution is -0.123. The van der Waals surface area contributed by atoms with E-state index in [4.69, 9.17) is 4.74 Å². The highest BCUT2D eigenvalue weighted by Gasteiger charge is 2.42. The van der Waals surface area contributed by atoms with E-state index in [-0.39, 0.29) is 5.92 Å². The number of ether oxygens (including phenoxy) is 2. The second-order valence-corrected chi connectivity index (χ2v) is 8.25. The van der Waals surface area contributed by atoms with Crippen molar-refractivity contribution in [2.75, 3.05) is 26.7 Å². The normalized spacial score (nSPS) is 17.8. The minimum Gasteiger partial charge on any atom is -0.457 e. The summed E-state index contributed by atoms with van der Waals surface area (Å²) in [5.74, 6) is 1.17. The van der Waals surface area contributed by atoms with E-state index in [0.717, 1.165) is 30.6 Å². The summed E-state index contributed by atoms with van der Waals surface area (Å²) >= 11 is 0. The molecule has 7 heteroatoms. The number of aliphatic hydroxyl groups is 1. The van der Waals surface area contributed by atoms with Gasteiger partial charge in [0.1, 0.15) is 11.5 Å². The van der Waals surface area contributed by atoms with Gasteiger partial charge in [-0.2, -0.15) is 0 Å².